The molecular weight excluding hydrogens is 264 g/mol. The fourth-order valence-electron chi connectivity index (χ4n) is 2.23. The van der Waals surface area contributed by atoms with Gasteiger partial charge in [0.05, 0.1) is 5.52 Å². The monoisotopic (exact) mass is 282 g/mol. The highest BCUT2D eigenvalue weighted by Gasteiger charge is 2.16. The number of hydrogen-bond donors (Lipinski definition) is 1. The number of benzene rings is 1. The van der Waals surface area contributed by atoms with Gasteiger partial charge in [0.15, 0.2) is 6.10 Å². The van der Waals surface area contributed by atoms with E-state index < -0.39 is 12.0 Å². The molecule has 0 radical (unpaired) electrons. The Balaban J connectivity index is 2.41. The SMILES string of the molecule is C#Cc1cnc2c(C)cc(OC(CCC)C(N)=O)cc2c1. The molecule has 0 saturated carbocycles. The van der Waals surface area contributed by atoms with Crippen LogP contribution < -0.4 is 10.5 Å². The predicted octanol–water partition coefficient (Wildman–Crippen LogP) is 2.56. The van der Waals surface area contributed by atoms with Crippen LogP contribution in [0.4, 0.5) is 0 Å². The van der Waals surface area contributed by atoms with Crippen LogP contribution in [0.15, 0.2) is 24.4 Å². The molecule has 4 heteroatoms. The number of ether oxygens (including phenoxy) is 1. The van der Waals surface area contributed by atoms with Crippen LogP contribution in [0.1, 0.15) is 30.9 Å². The topological polar surface area (TPSA) is 65.2 Å². The molecule has 1 aromatic carbocycles. The summed E-state index contributed by atoms with van der Waals surface area (Å²) in [5, 5.41) is 0.889. The molecule has 0 spiro atoms. The van der Waals surface area contributed by atoms with E-state index in [1.165, 1.54) is 0 Å². The van der Waals surface area contributed by atoms with Crippen LogP contribution in [0.3, 0.4) is 0 Å². The molecule has 1 amide bonds. The minimum absolute atomic E-state index is 0.454. The molecule has 0 saturated heterocycles. The summed E-state index contributed by atoms with van der Waals surface area (Å²) in [6, 6.07) is 5.57. The van der Waals surface area contributed by atoms with Crippen LogP contribution in [-0.2, 0) is 4.79 Å². The van der Waals surface area contributed by atoms with Gasteiger partial charge in [0, 0.05) is 17.1 Å². The summed E-state index contributed by atoms with van der Waals surface area (Å²) in [6.07, 6.45) is 7.86. The second-order valence-electron chi connectivity index (χ2n) is 4.98. The van der Waals surface area contributed by atoms with Gasteiger partial charge in [-0.25, -0.2) is 0 Å². The van der Waals surface area contributed by atoms with Crippen LogP contribution in [0, 0.1) is 19.3 Å². The van der Waals surface area contributed by atoms with Crippen molar-refractivity contribution in [3.8, 4) is 18.1 Å². The quantitative estimate of drug-likeness (QED) is 0.857. The molecule has 2 N–H and O–H groups in total. The maximum atomic E-state index is 11.4. The zero-order valence-electron chi connectivity index (χ0n) is 12.2. The van der Waals surface area contributed by atoms with Gasteiger partial charge in [-0.2, -0.15) is 0 Å². The van der Waals surface area contributed by atoms with E-state index in [1.807, 2.05) is 32.0 Å². The number of rotatable bonds is 5. The number of aromatic nitrogens is 1. The molecule has 1 heterocycles. The smallest absolute Gasteiger partial charge is 0.258 e. The lowest BCUT2D eigenvalue weighted by Gasteiger charge is -2.16. The highest BCUT2D eigenvalue weighted by Crippen LogP contribution is 2.25. The summed E-state index contributed by atoms with van der Waals surface area (Å²) in [6.45, 7) is 3.92. The van der Waals surface area contributed by atoms with Crippen molar-refractivity contribution in [2.45, 2.75) is 32.8 Å². The van der Waals surface area contributed by atoms with Gasteiger partial charge < -0.3 is 10.5 Å². The van der Waals surface area contributed by atoms with E-state index in [0.717, 1.165) is 22.9 Å². The zero-order valence-corrected chi connectivity index (χ0v) is 12.2. The van der Waals surface area contributed by atoms with E-state index in [-0.39, 0.29) is 0 Å². The van der Waals surface area contributed by atoms with Gasteiger partial charge in [0.2, 0.25) is 0 Å². The molecule has 0 fully saturated rings. The number of terminal acetylenes is 1. The third kappa shape index (κ3) is 3.32. The number of carbonyl (C=O) groups excluding carboxylic acids is 1. The summed E-state index contributed by atoms with van der Waals surface area (Å²) in [4.78, 5) is 15.8. The Morgan fingerprint density at radius 2 is 2.24 bits per heavy atom. The summed E-state index contributed by atoms with van der Waals surface area (Å²) in [5.74, 6) is 2.71. The van der Waals surface area contributed by atoms with Crippen molar-refractivity contribution in [1.82, 2.24) is 4.98 Å². The normalized spacial score (nSPS) is 11.9. The molecule has 4 nitrogen and oxygen atoms in total. The predicted molar refractivity (Wildman–Crippen MR) is 82.9 cm³/mol. The van der Waals surface area contributed by atoms with E-state index in [4.69, 9.17) is 16.9 Å². The van der Waals surface area contributed by atoms with Crippen molar-refractivity contribution in [3.05, 3.63) is 35.5 Å². The van der Waals surface area contributed by atoms with Gasteiger partial charge in [-0.15, -0.1) is 6.42 Å². The number of nitrogens with zero attached hydrogens (tertiary/aromatic N) is 1. The first-order valence-corrected chi connectivity index (χ1v) is 6.88. The van der Waals surface area contributed by atoms with E-state index in [0.29, 0.717) is 17.7 Å². The van der Waals surface area contributed by atoms with Gasteiger partial charge in [-0.05, 0) is 37.1 Å². The molecule has 2 aromatic rings. The lowest BCUT2D eigenvalue weighted by molar-refractivity contribution is -0.125. The van der Waals surface area contributed by atoms with Gasteiger partial charge in [0.25, 0.3) is 5.91 Å². The summed E-state index contributed by atoms with van der Waals surface area (Å²) in [7, 11) is 0. The minimum Gasteiger partial charge on any atom is -0.481 e. The van der Waals surface area contributed by atoms with Crippen LogP contribution in [0.2, 0.25) is 0 Å². The first kappa shape index (κ1) is 14.9. The molecular formula is C17H18N2O2. The molecule has 21 heavy (non-hydrogen) atoms. The fraction of sp³-hybridized carbons (Fsp3) is 0.294. The van der Waals surface area contributed by atoms with Gasteiger partial charge in [0.1, 0.15) is 5.75 Å². The largest absolute Gasteiger partial charge is 0.481 e. The van der Waals surface area contributed by atoms with E-state index >= 15 is 0 Å². The average molecular weight is 282 g/mol. The van der Waals surface area contributed by atoms with Gasteiger partial charge in [-0.1, -0.05) is 19.3 Å². The highest BCUT2D eigenvalue weighted by atomic mass is 16.5. The third-order valence-corrected chi connectivity index (χ3v) is 3.26. The Hall–Kier alpha value is -2.54. The maximum Gasteiger partial charge on any atom is 0.258 e. The van der Waals surface area contributed by atoms with E-state index in [1.54, 1.807) is 6.20 Å². The molecule has 0 aliphatic rings. The van der Waals surface area contributed by atoms with Crippen molar-refractivity contribution in [2.24, 2.45) is 5.73 Å². The van der Waals surface area contributed by atoms with Gasteiger partial charge in [-0.3, -0.25) is 9.78 Å². The van der Waals surface area contributed by atoms with Crippen molar-refractivity contribution in [3.63, 3.8) is 0 Å². The van der Waals surface area contributed by atoms with Crippen LogP contribution in [0.5, 0.6) is 5.75 Å². The molecule has 1 unspecified atom stereocenters. The van der Waals surface area contributed by atoms with E-state index in [9.17, 15) is 4.79 Å². The molecule has 0 aliphatic carbocycles. The number of hydrogen-bond acceptors (Lipinski definition) is 3. The second-order valence-corrected chi connectivity index (χ2v) is 4.98. The summed E-state index contributed by atoms with van der Waals surface area (Å²) < 4.78 is 5.72. The Bertz CT molecular complexity index is 717. The minimum atomic E-state index is -0.615. The molecule has 0 aliphatic heterocycles. The molecule has 0 bridgehead atoms. The van der Waals surface area contributed by atoms with Gasteiger partial charge >= 0.3 is 0 Å². The third-order valence-electron chi connectivity index (χ3n) is 3.26. The Morgan fingerprint density at radius 3 is 2.86 bits per heavy atom. The van der Waals surface area contributed by atoms with E-state index in [2.05, 4.69) is 10.9 Å². The number of carbonyl (C=O) groups is 1. The van der Waals surface area contributed by atoms with Crippen LogP contribution in [-0.4, -0.2) is 17.0 Å². The first-order chi connectivity index (χ1) is 10.0. The zero-order chi connectivity index (χ0) is 15.4. The Morgan fingerprint density at radius 1 is 1.48 bits per heavy atom. The first-order valence-electron chi connectivity index (χ1n) is 6.88. The molecule has 2 rings (SSSR count). The standard InChI is InChI=1S/C17H18N2O2/c1-4-6-15(17(18)20)21-14-7-11(3)16-13(9-14)8-12(5-2)10-19-16/h2,7-10,15H,4,6H2,1,3H3,(H2,18,20). The number of fused-ring (bicyclic) bond motifs is 1. The molecule has 1 aromatic heterocycles. The summed E-state index contributed by atoms with van der Waals surface area (Å²) in [5.41, 5.74) is 7.90. The fourth-order valence-corrected chi connectivity index (χ4v) is 2.23. The number of pyridine rings is 1. The maximum absolute atomic E-state index is 11.4. The van der Waals surface area contributed by atoms with Crippen molar-refractivity contribution in [1.29, 1.82) is 0 Å². The lowest BCUT2D eigenvalue weighted by Crippen LogP contribution is -2.33. The second kappa shape index (κ2) is 6.27. The highest BCUT2D eigenvalue weighted by molar-refractivity contribution is 5.84. The Kier molecular flexibility index (Phi) is 4.44. The van der Waals surface area contributed by atoms with Crippen molar-refractivity contribution >= 4 is 16.8 Å². The lowest BCUT2D eigenvalue weighted by atomic mass is 10.1. The van der Waals surface area contributed by atoms with Crippen LogP contribution >= 0.6 is 0 Å². The number of primary amides is 1. The van der Waals surface area contributed by atoms with Crippen molar-refractivity contribution in [2.75, 3.05) is 0 Å². The molecule has 1 atom stereocenters. The number of amides is 1. The van der Waals surface area contributed by atoms with Crippen molar-refractivity contribution < 1.29 is 9.53 Å². The number of aryl methyl sites for hydroxylation is 1. The number of nitrogens with two attached hydrogens (primary N) is 1. The van der Waals surface area contributed by atoms with Crippen LogP contribution in [0.25, 0.3) is 10.9 Å². The summed E-state index contributed by atoms with van der Waals surface area (Å²) >= 11 is 0. The Labute approximate surface area is 124 Å². The average Bonchev–Trinajstić information content (AvgIpc) is 2.46. The molecule has 108 valence electrons.